The Morgan fingerprint density at radius 1 is 1.50 bits per heavy atom. The molecule has 1 heterocycles. The van der Waals surface area contributed by atoms with Crippen molar-refractivity contribution >= 4 is 5.95 Å². The summed E-state index contributed by atoms with van der Waals surface area (Å²) in [6.45, 7) is 3.84. The first-order valence-corrected chi connectivity index (χ1v) is 2.93. The minimum atomic E-state index is 0.165. The molecule has 1 aromatic heterocycles. The minimum Gasteiger partial charge on any atom is -0.183 e. The normalized spacial score (nSPS) is 11.5. The summed E-state index contributed by atoms with van der Waals surface area (Å²) in [5, 5.41) is 20.2. The molecular formula is C4H8N6. The van der Waals surface area contributed by atoms with Gasteiger partial charge < -0.3 is 0 Å². The van der Waals surface area contributed by atoms with Crippen molar-refractivity contribution < 1.29 is 0 Å². The number of rotatable bonds is 2. The second kappa shape index (κ2) is 3.00. The molecule has 1 rings (SSSR count). The van der Waals surface area contributed by atoms with E-state index in [4.69, 9.17) is 0 Å². The van der Waals surface area contributed by atoms with Crippen LogP contribution in [0.2, 0.25) is 0 Å². The predicted octanol–water partition coefficient (Wildman–Crippen LogP) is 0.692. The van der Waals surface area contributed by atoms with Gasteiger partial charge in [-0.3, -0.25) is 0 Å². The van der Waals surface area contributed by atoms with Crippen LogP contribution in [0.4, 0.5) is 5.95 Å². The Hall–Kier alpha value is -1.33. The summed E-state index contributed by atoms with van der Waals surface area (Å²) in [6.07, 6.45) is 0. The molecule has 1 aromatic rings. The molecule has 10 heavy (non-hydrogen) atoms. The smallest absolute Gasteiger partial charge is 0.183 e. The summed E-state index contributed by atoms with van der Waals surface area (Å²) >= 11 is 0. The Kier molecular flexibility index (Phi) is 2.03. The van der Waals surface area contributed by atoms with E-state index in [1.807, 2.05) is 13.8 Å². The van der Waals surface area contributed by atoms with Gasteiger partial charge in [0.15, 0.2) is 0 Å². The van der Waals surface area contributed by atoms with E-state index in [9.17, 15) is 0 Å². The molecular weight excluding hydrogens is 132 g/mol. The fourth-order valence-electron chi connectivity index (χ4n) is 0.366. The molecule has 0 saturated heterocycles. The van der Waals surface area contributed by atoms with Crippen LogP contribution in [-0.2, 0) is 0 Å². The summed E-state index contributed by atoms with van der Waals surface area (Å²) in [7, 11) is 0. The lowest BCUT2D eigenvalue weighted by atomic mass is 10.4. The Morgan fingerprint density at radius 2 is 2.30 bits per heavy atom. The number of nitrogens with zero attached hydrogens (tertiary/aromatic N) is 5. The maximum atomic E-state index is 3.81. The molecule has 0 aliphatic heterocycles. The average molecular weight is 140 g/mol. The van der Waals surface area contributed by atoms with Crippen LogP contribution >= 0.6 is 0 Å². The number of azo groups is 1. The molecule has 0 unspecified atom stereocenters. The van der Waals surface area contributed by atoms with Crippen molar-refractivity contribution in [2.75, 3.05) is 0 Å². The summed E-state index contributed by atoms with van der Waals surface area (Å²) in [6, 6.07) is 0.165. The van der Waals surface area contributed by atoms with Gasteiger partial charge in [0.1, 0.15) is 0 Å². The third-order valence-corrected chi connectivity index (χ3v) is 0.712. The molecule has 6 heteroatoms. The first-order valence-electron chi connectivity index (χ1n) is 2.93. The first kappa shape index (κ1) is 6.79. The van der Waals surface area contributed by atoms with Crippen LogP contribution in [0.3, 0.4) is 0 Å². The lowest BCUT2D eigenvalue weighted by molar-refractivity contribution is 0.770. The minimum absolute atomic E-state index is 0.165. The van der Waals surface area contributed by atoms with E-state index in [0.29, 0.717) is 0 Å². The average Bonchev–Trinajstić information content (AvgIpc) is 2.34. The number of nitrogens with one attached hydrogen (secondary N) is 1. The first-order chi connectivity index (χ1) is 4.79. The third kappa shape index (κ3) is 1.88. The van der Waals surface area contributed by atoms with Crippen molar-refractivity contribution in [2.45, 2.75) is 19.9 Å². The molecule has 0 aliphatic rings. The standard InChI is InChI=1S/C4H8N6/c1-3(2)5-6-4-7-9-10-8-4/h3H,1-2H3,(H,7,8,9,10). The van der Waals surface area contributed by atoms with Gasteiger partial charge >= 0.3 is 5.95 Å². The molecule has 0 bridgehead atoms. The number of hydrogen-bond donors (Lipinski definition) is 1. The highest BCUT2D eigenvalue weighted by atomic mass is 15.5. The summed E-state index contributed by atoms with van der Waals surface area (Å²) in [4.78, 5) is 0. The van der Waals surface area contributed by atoms with E-state index in [2.05, 4.69) is 30.9 Å². The van der Waals surface area contributed by atoms with Crippen molar-refractivity contribution in [3.05, 3.63) is 0 Å². The highest BCUT2D eigenvalue weighted by Crippen LogP contribution is 1.99. The van der Waals surface area contributed by atoms with Crippen molar-refractivity contribution in [3.8, 4) is 0 Å². The van der Waals surface area contributed by atoms with E-state index in [1.54, 1.807) is 0 Å². The van der Waals surface area contributed by atoms with Crippen molar-refractivity contribution in [1.29, 1.82) is 0 Å². The van der Waals surface area contributed by atoms with Crippen molar-refractivity contribution in [2.24, 2.45) is 10.2 Å². The van der Waals surface area contributed by atoms with E-state index in [1.165, 1.54) is 0 Å². The highest BCUT2D eigenvalue weighted by Gasteiger charge is 1.92. The molecule has 0 amide bonds. The zero-order valence-electron chi connectivity index (χ0n) is 5.81. The largest absolute Gasteiger partial charge is 0.307 e. The lowest BCUT2D eigenvalue weighted by Crippen LogP contribution is -1.84. The van der Waals surface area contributed by atoms with Crippen LogP contribution in [0.1, 0.15) is 13.8 Å². The van der Waals surface area contributed by atoms with Crippen LogP contribution in [0.5, 0.6) is 0 Å². The fourth-order valence-corrected chi connectivity index (χ4v) is 0.366. The molecule has 1 N–H and O–H groups in total. The third-order valence-electron chi connectivity index (χ3n) is 0.712. The van der Waals surface area contributed by atoms with Crippen molar-refractivity contribution in [3.63, 3.8) is 0 Å². The Bertz CT molecular complexity index is 200. The van der Waals surface area contributed by atoms with Gasteiger partial charge in [0.2, 0.25) is 0 Å². The molecule has 0 saturated carbocycles. The molecule has 0 atom stereocenters. The van der Waals surface area contributed by atoms with Gasteiger partial charge in [-0.05, 0) is 19.1 Å². The predicted molar refractivity (Wildman–Crippen MR) is 33.8 cm³/mol. The van der Waals surface area contributed by atoms with Gasteiger partial charge in [-0.1, -0.05) is 5.10 Å². The van der Waals surface area contributed by atoms with Gasteiger partial charge in [0.05, 0.1) is 6.04 Å². The number of aromatic nitrogens is 4. The maximum Gasteiger partial charge on any atom is 0.307 e. The quantitative estimate of drug-likeness (QED) is 0.614. The summed E-state index contributed by atoms with van der Waals surface area (Å²) < 4.78 is 0. The lowest BCUT2D eigenvalue weighted by Gasteiger charge is -1.87. The topological polar surface area (TPSA) is 79.2 Å². The maximum absolute atomic E-state index is 3.81. The van der Waals surface area contributed by atoms with Crippen LogP contribution < -0.4 is 0 Å². The molecule has 6 nitrogen and oxygen atoms in total. The number of H-pyrrole nitrogens is 1. The van der Waals surface area contributed by atoms with Crippen LogP contribution in [-0.4, -0.2) is 26.7 Å². The monoisotopic (exact) mass is 140 g/mol. The molecule has 0 radical (unpaired) electrons. The highest BCUT2D eigenvalue weighted by molar-refractivity contribution is 5.03. The number of hydrogen-bond acceptors (Lipinski definition) is 5. The van der Waals surface area contributed by atoms with Gasteiger partial charge in [-0.2, -0.15) is 10.3 Å². The van der Waals surface area contributed by atoms with E-state index in [-0.39, 0.29) is 12.0 Å². The van der Waals surface area contributed by atoms with Gasteiger partial charge in [0, 0.05) is 0 Å². The van der Waals surface area contributed by atoms with Crippen LogP contribution in [0.15, 0.2) is 10.2 Å². The number of tetrazole rings is 1. The second-order valence-electron chi connectivity index (χ2n) is 2.02. The molecule has 0 aliphatic carbocycles. The Morgan fingerprint density at radius 3 is 2.80 bits per heavy atom. The van der Waals surface area contributed by atoms with Gasteiger partial charge in [0.25, 0.3) is 0 Å². The number of aromatic amines is 1. The fraction of sp³-hybridized carbons (Fsp3) is 0.750. The zero-order chi connectivity index (χ0) is 7.40. The summed E-state index contributed by atoms with van der Waals surface area (Å²) in [5.74, 6) is 0.272. The van der Waals surface area contributed by atoms with Crippen molar-refractivity contribution in [1.82, 2.24) is 20.6 Å². The Labute approximate surface area is 57.7 Å². The van der Waals surface area contributed by atoms with E-state index in [0.717, 1.165) is 0 Å². The SMILES string of the molecule is CC(C)N=Nc1nn[nH]n1. The molecule has 54 valence electrons. The van der Waals surface area contributed by atoms with E-state index < -0.39 is 0 Å². The van der Waals surface area contributed by atoms with Crippen LogP contribution in [0, 0.1) is 0 Å². The zero-order valence-corrected chi connectivity index (χ0v) is 5.81. The van der Waals surface area contributed by atoms with Crippen LogP contribution in [0.25, 0.3) is 0 Å². The molecule has 0 fully saturated rings. The van der Waals surface area contributed by atoms with E-state index >= 15 is 0 Å². The molecule has 0 spiro atoms. The Balaban J connectivity index is 2.55. The molecule has 0 aromatic carbocycles. The van der Waals surface area contributed by atoms with Gasteiger partial charge in [-0.15, -0.1) is 10.2 Å². The summed E-state index contributed by atoms with van der Waals surface area (Å²) in [5.41, 5.74) is 0. The van der Waals surface area contributed by atoms with Gasteiger partial charge in [-0.25, -0.2) is 0 Å². The second-order valence-corrected chi connectivity index (χ2v) is 2.02.